The summed E-state index contributed by atoms with van der Waals surface area (Å²) in [6.07, 6.45) is 1.93. The number of nitriles is 1. The molecule has 3 nitrogen and oxygen atoms in total. The van der Waals surface area contributed by atoms with Gasteiger partial charge < -0.3 is 9.73 Å². The molecule has 0 aliphatic heterocycles. The quantitative estimate of drug-likeness (QED) is 0.794. The lowest BCUT2D eigenvalue weighted by Gasteiger charge is -2.18. The first-order valence-electron chi connectivity index (χ1n) is 4.87. The van der Waals surface area contributed by atoms with Crippen molar-refractivity contribution in [3.05, 3.63) is 23.7 Å². The number of rotatable bonds is 3. The molecular weight excluding hydrogens is 176 g/mol. The highest BCUT2D eigenvalue weighted by atomic mass is 16.3. The van der Waals surface area contributed by atoms with Crippen molar-refractivity contribution in [3.63, 3.8) is 0 Å². The highest BCUT2D eigenvalue weighted by Gasteiger charge is 2.51. The van der Waals surface area contributed by atoms with E-state index in [0.717, 1.165) is 24.4 Å². The molecule has 2 rings (SSSR count). The summed E-state index contributed by atoms with van der Waals surface area (Å²) in [5, 5.41) is 12.3. The van der Waals surface area contributed by atoms with Gasteiger partial charge in [-0.1, -0.05) is 0 Å². The predicted molar refractivity (Wildman–Crippen MR) is 52.5 cm³/mol. The maximum atomic E-state index is 9.09. The monoisotopic (exact) mass is 190 g/mol. The summed E-state index contributed by atoms with van der Waals surface area (Å²) in [5.74, 6) is 1.78. The maximum absolute atomic E-state index is 9.09. The van der Waals surface area contributed by atoms with Gasteiger partial charge in [-0.3, -0.25) is 0 Å². The van der Waals surface area contributed by atoms with E-state index in [1.54, 1.807) is 0 Å². The lowest BCUT2D eigenvalue weighted by molar-refractivity contribution is 0.351. The van der Waals surface area contributed by atoms with Gasteiger partial charge in [-0.25, -0.2) is 0 Å². The molecule has 1 fully saturated rings. The third kappa shape index (κ3) is 1.32. The Morgan fingerprint density at radius 2 is 2.29 bits per heavy atom. The molecule has 1 aromatic heterocycles. The normalized spacial score (nSPS) is 20.1. The van der Waals surface area contributed by atoms with E-state index in [9.17, 15) is 0 Å². The number of furan rings is 1. The summed E-state index contributed by atoms with van der Waals surface area (Å²) in [6.45, 7) is 1.92. The molecule has 0 amide bonds. The third-order valence-corrected chi connectivity index (χ3v) is 2.90. The van der Waals surface area contributed by atoms with Crippen LogP contribution in [0.4, 0.5) is 0 Å². The zero-order chi connectivity index (χ0) is 10.2. The van der Waals surface area contributed by atoms with Gasteiger partial charge in [0, 0.05) is 0 Å². The molecule has 1 aromatic rings. The number of nitrogens with one attached hydrogen (secondary N) is 1. The van der Waals surface area contributed by atoms with Gasteiger partial charge >= 0.3 is 0 Å². The average molecular weight is 190 g/mol. The number of aryl methyl sites for hydroxylation is 1. The molecule has 14 heavy (non-hydrogen) atoms. The Morgan fingerprint density at radius 1 is 1.57 bits per heavy atom. The van der Waals surface area contributed by atoms with Crippen molar-refractivity contribution in [2.75, 3.05) is 7.05 Å². The summed E-state index contributed by atoms with van der Waals surface area (Å²) in [6, 6.07) is 6.32. The molecule has 3 heteroatoms. The van der Waals surface area contributed by atoms with E-state index in [1.165, 1.54) is 0 Å². The van der Waals surface area contributed by atoms with Crippen LogP contribution in [0.25, 0.3) is 0 Å². The SMILES string of the molecule is CNC(c1ccc(C)o1)C1(C#N)CC1. The molecule has 0 radical (unpaired) electrons. The van der Waals surface area contributed by atoms with Gasteiger partial charge in [0.2, 0.25) is 0 Å². The van der Waals surface area contributed by atoms with Crippen molar-refractivity contribution in [2.45, 2.75) is 25.8 Å². The van der Waals surface area contributed by atoms with Crippen LogP contribution < -0.4 is 5.32 Å². The van der Waals surface area contributed by atoms with Gasteiger partial charge in [0.1, 0.15) is 11.5 Å². The van der Waals surface area contributed by atoms with Crippen LogP contribution in [-0.4, -0.2) is 7.05 Å². The van der Waals surface area contributed by atoms with Crippen LogP contribution in [0.5, 0.6) is 0 Å². The van der Waals surface area contributed by atoms with Crippen molar-refractivity contribution in [1.82, 2.24) is 5.32 Å². The Morgan fingerprint density at radius 3 is 2.64 bits per heavy atom. The standard InChI is InChI=1S/C11H14N2O/c1-8-3-4-9(14-8)10(13-2)11(7-12)5-6-11/h3-4,10,13H,5-6H2,1-2H3. The Hall–Kier alpha value is -1.27. The van der Waals surface area contributed by atoms with Gasteiger partial charge in [0.15, 0.2) is 0 Å². The first-order chi connectivity index (χ1) is 6.72. The Labute approximate surface area is 83.7 Å². The fourth-order valence-electron chi connectivity index (χ4n) is 1.90. The second-order valence-electron chi connectivity index (χ2n) is 3.94. The highest BCUT2D eigenvalue weighted by Crippen LogP contribution is 2.54. The molecule has 0 spiro atoms. The molecule has 1 atom stereocenters. The fourth-order valence-corrected chi connectivity index (χ4v) is 1.90. The van der Waals surface area contributed by atoms with E-state index < -0.39 is 0 Å². The zero-order valence-electron chi connectivity index (χ0n) is 8.50. The summed E-state index contributed by atoms with van der Waals surface area (Å²) in [5.41, 5.74) is -0.223. The third-order valence-electron chi connectivity index (χ3n) is 2.90. The van der Waals surface area contributed by atoms with Gasteiger partial charge in [0.25, 0.3) is 0 Å². The Kier molecular flexibility index (Phi) is 2.09. The Bertz CT molecular complexity index is 371. The first kappa shape index (κ1) is 9.29. The van der Waals surface area contributed by atoms with E-state index >= 15 is 0 Å². The van der Waals surface area contributed by atoms with Crippen LogP contribution in [0.1, 0.15) is 30.4 Å². The average Bonchev–Trinajstić information content (AvgIpc) is 2.86. The van der Waals surface area contributed by atoms with Gasteiger partial charge in [0.05, 0.1) is 17.5 Å². The second-order valence-corrected chi connectivity index (χ2v) is 3.94. The maximum Gasteiger partial charge on any atom is 0.122 e. The highest BCUT2D eigenvalue weighted by molar-refractivity contribution is 5.23. The van der Waals surface area contributed by atoms with Gasteiger partial charge in [-0.15, -0.1) is 0 Å². The van der Waals surface area contributed by atoms with E-state index in [2.05, 4.69) is 11.4 Å². The minimum atomic E-state index is -0.223. The molecule has 1 N–H and O–H groups in total. The molecule has 74 valence electrons. The molecule has 1 aliphatic rings. The minimum Gasteiger partial charge on any atom is -0.465 e. The summed E-state index contributed by atoms with van der Waals surface area (Å²) < 4.78 is 5.55. The molecular formula is C11H14N2O. The van der Waals surface area contributed by atoms with Crippen LogP contribution in [-0.2, 0) is 0 Å². The minimum absolute atomic E-state index is 0.0428. The van der Waals surface area contributed by atoms with E-state index in [4.69, 9.17) is 9.68 Å². The van der Waals surface area contributed by atoms with Crippen LogP contribution in [0.3, 0.4) is 0 Å². The van der Waals surface area contributed by atoms with Crippen molar-refractivity contribution < 1.29 is 4.42 Å². The predicted octanol–water partition coefficient (Wildman–Crippen LogP) is 2.15. The summed E-state index contributed by atoms with van der Waals surface area (Å²) in [7, 11) is 1.87. The summed E-state index contributed by atoms with van der Waals surface area (Å²) >= 11 is 0. The Balaban J connectivity index is 2.27. The van der Waals surface area contributed by atoms with Crippen LogP contribution in [0, 0.1) is 23.7 Å². The molecule has 1 aliphatic carbocycles. The number of hydrogen-bond donors (Lipinski definition) is 1. The van der Waals surface area contributed by atoms with Gasteiger partial charge in [-0.2, -0.15) is 5.26 Å². The van der Waals surface area contributed by atoms with E-state index in [1.807, 2.05) is 26.1 Å². The number of nitrogens with zero attached hydrogens (tertiary/aromatic N) is 1. The second kappa shape index (κ2) is 3.14. The molecule has 1 heterocycles. The first-order valence-corrected chi connectivity index (χ1v) is 4.87. The van der Waals surface area contributed by atoms with Crippen molar-refractivity contribution in [1.29, 1.82) is 5.26 Å². The van der Waals surface area contributed by atoms with Crippen LogP contribution in [0.15, 0.2) is 16.5 Å². The fraction of sp³-hybridized carbons (Fsp3) is 0.545. The zero-order valence-corrected chi connectivity index (χ0v) is 8.50. The smallest absolute Gasteiger partial charge is 0.122 e. The largest absolute Gasteiger partial charge is 0.465 e. The van der Waals surface area contributed by atoms with Crippen LogP contribution in [0.2, 0.25) is 0 Å². The molecule has 0 saturated heterocycles. The van der Waals surface area contributed by atoms with E-state index in [-0.39, 0.29) is 11.5 Å². The molecule has 0 aromatic carbocycles. The van der Waals surface area contributed by atoms with E-state index in [0.29, 0.717) is 0 Å². The topological polar surface area (TPSA) is 49.0 Å². The van der Waals surface area contributed by atoms with Crippen LogP contribution >= 0.6 is 0 Å². The molecule has 0 bridgehead atoms. The molecule has 1 saturated carbocycles. The van der Waals surface area contributed by atoms with Crippen molar-refractivity contribution >= 4 is 0 Å². The van der Waals surface area contributed by atoms with Gasteiger partial charge in [-0.05, 0) is 38.9 Å². The lowest BCUT2D eigenvalue weighted by Crippen LogP contribution is -2.25. The molecule has 1 unspecified atom stereocenters. The lowest BCUT2D eigenvalue weighted by atomic mass is 9.96. The number of hydrogen-bond acceptors (Lipinski definition) is 3. The van der Waals surface area contributed by atoms with Crippen molar-refractivity contribution in [3.8, 4) is 6.07 Å². The summed E-state index contributed by atoms with van der Waals surface area (Å²) in [4.78, 5) is 0. The van der Waals surface area contributed by atoms with Crippen molar-refractivity contribution in [2.24, 2.45) is 5.41 Å².